The number of nitrogens with zero attached hydrogens (tertiary/aromatic N) is 2. The van der Waals surface area contributed by atoms with E-state index in [1.807, 2.05) is 0 Å². The molecule has 1 aromatic heterocycles. The molecule has 0 saturated carbocycles. The van der Waals surface area contributed by atoms with Crippen LogP contribution in [0.25, 0.3) is 0 Å². The predicted octanol–water partition coefficient (Wildman–Crippen LogP) is 0.373. The normalized spacial score (nSPS) is 22.3. The van der Waals surface area contributed by atoms with Crippen molar-refractivity contribution in [2.24, 2.45) is 5.73 Å². The van der Waals surface area contributed by atoms with Crippen molar-refractivity contribution in [1.82, 2.24) is 15.5 Å². The van der Waals surface area contributed by atoms with Crippen molar-refractivity contribution < 1.29 is 9.32 Å². The van der Waals surface area contributed by atoms with E-state index in [4.69, 9.17) is 10.3 Å². The Morgan fingerprint density at radius 1 is 1.47 bits per heavy atom. The molecule has 1 unspecified atom stereocenters. The van der Waals surface area contributed by atoms with Crippen LogP contribution in [0.5, 0.6) is 0 Å². The number of carbonyl (C=O) groups excluding carboxylic acids is 1. The smallest absolute Gasteiger partial charge is 0.290 e. The number of rotatable bonds is 2. The van der Waals surface area contributed by atoms with Crippen molar-refractivity contribution >= 4 is 5.91 Å². The van der Waals surface area contributed by atoms with Gasteiger partial charge in [-0.2, -0.15) is 4.98 Å². The van der Waals surface area contributed by atoms with Gasteiger partial charge in [0.15, 0.2) is 0 Å². The van der Waals surface area contributed by atoms with Crippen molar-refractivity contribution in [1.29, 1.82) is 0 Å². The second-order valence-electron chi connectivity index (χ2n) is 3.68. The molecule has 0 radical (unpaired) electrons. The molecular formula is C9H14N4O2. The van der Waals surface area contributed by atoms with Gasteiger partial charge in [0, 0.05) is 0 Å². The Balaban J connectivity index is 2.10. The molecule has 6 heteroatoms. The van der Waals surface area contributed by atoms with Gasteiger partial charge in [0.05, 0.1) is 6.04 Å². The molecule has 1 aliphatic heterocycles. The highest BCUT2D eigenvalue weighted by Gasteiger charge is 2.21. The van der Waals surface area contributed by atoms with E-state index in [0.717, 1.165) is 25.8 Å². The first-order chi connectivity index (χ1) is 7.27. The van der Waals surface area contributed by atoms with Gasteiger partial charge >= 0.3 is 0 Å². The zero-order chi connectivity index (χ0) is 10.7. The molecule has 2 heterocycles. The first-order valence-electron chi connectivity index (χ1n) is 5.14. The molecule has 2 rings (SSSR count). The summed E-state index contributed by atoms with van der Waals surface area (Å²) in [6, 6.07) is 0.0631. The summed E-state index contributed by atoms with van der Waals surface area (Å²) in [7, 11) is 0. The molecule has 1 fully saturated rings. The second kappa shape index (κ2) is 4.39. The van der Waals surface area contributed by atoms with E-state index in [1.54, 1.807) is 0 Å². The SMILES string of the molecule is NC(=O)c1noc(C2CCCCCN2)n1. The minimum Gasteiger partial charge on any atom is -0.363 e. The summed E-state index contributed by atoms with van der Waals surface area (Å²) in [5.41, 5.74) is 5.04. The first-order valence-corrected chi connectivity index (χ1v) is 5.14. The maximum absolute atomic E-state index is 10.8. The summed E-state index contributed by atoms with van der Waals surface area (Å²) >= 11 is 0. The van der Waals surface area contributed by atoms with Crippen LogP contribution in [0.3, 0.4) is 0 Å². The number of primary amides is 1. The van der Waals surface area contributed by atoms with Crippen LogP contribution in [0, 0.1) is 0 Å². The summed E-state index contributed by atoms with van der Waals surface area (Å²) in [4.78, 5) is 14.7. The molecule has 3 N–H and O–H groups in total. The minimum absolute atomic E-state index is 0.0453. The number of carbonyl (C=O) groups is 1. The van der Waals surface area contributed by atoms with Crippen molar-refractivity contribution in [2.45, 2.75) is 31.7 Å². The molecule has 0 aromatic carbocycles. The van der Waals surface area contributed by atoms with E-state index in [9.17, 15) is 4.79 Å². The van der Waals surface area contributed by atoms with Crippen LogP contribution in [-0.4, -0.2) is 22.6 Å². The Morgan fingerprint density at radius 3 is 3.07 bits per heavy atom. The molecule has 6 nitrogen and oxygen atoms in total. The van der Waals surface area contributed by atoms with Crippen LogP contribution in [0.4, 0.5) is 0 Å². The van der Waals surface area contributed by atoms with Crippen LogP contribution in [-0.2, 0) is 0 Å². The zero-order valence-corrected chi connectivity index (χ0v) is 8.40. The number of nitrogens with one attached hydrogen (secondary N) is 1. The Bertz CT molecular complexity index is 342. The van der Waals surface area contributed by atoms with Gasteiger partial charge in [0.1, 0.15) is 0 Å². The van der Waals surface area contributed by atoms with Crippen LogP contribution < -0.4 is 11.1 Å². The molecule has 1 atom stereocenters. The summed E-state index contributed by atoms with van der Waals surface area (Å²) in [5.74, 6) is -0.236. The maximum Gasteiger partial charge on any atom is 0.290 e. The third-order valence-corrected chi connectivity index (χ3v) is 2.52. The minimum atomic E-state index is -0.654. The number of amides is 1. The Kier molecular flexibility index (Phi) is 2.96. The molecule has 1 aliphatic rings. The molecular weight excluding hydrogens is 196 g/mol. The van der Waals surface area contributed by atoms with Crippen LogP contribution in [0.1, 0.15) is 48.2 Å². The average Bonchev–Trinajstić information content (AvgIpc) is 2.55. The van der Waals surface area contributed by atoms with Crippen LogP contribution in [0.15, 0.2) is 4.52 Å². The summed E-state index contributed by atoms with van der Waals surface area (Å²) in [5, 5.41) is 6.82. The number of hydrogen-bond donors (Lipinski definition) is 2. The highest BCUT2D eigenvalue weighted by molar-refractivity contribution is 5.88. The summed E-state index contributed by atoms with van der Waals surface area (Å²) < 4.78 is 5.00. The van der Waals surface area contributed by atoms with Gasteiger partial charge in [-0.3, -0.25) is 4.79 Å². The van der Waals surface area contributed by atoms with Crippen LogP contribution in [0.2, 0.25) is 0 Å². The Morgan fingerprint density at radius 2 is 2.33 bits per heavy atom. The highest BCUT2D eigenvalue weighted by Crippen LogP contribution is 2.20. The lowest BCUT2D eigenvalue weighted by Gasteiger charge is -2.09. The highest BCUT2D eigenvalue weighted by atomic mass is 16.5. The lowest BCUT2D eigenvalue weighted by molar-refractivity contribution is 0.0987. The zero-order valence-electron chi connectivity index (χ0n) is 8.40. The molecule has 1 aromatic rings. The third-order valence-electron chi connectivity index (χ3n) is 2.52. The fourth-order valence-electron chi connectivity index (χ4n) is 1.72. The molecule has 0 bridgehead atoms. The average molecular weight is 210 g/mol. The molecule has 82 valence electrons. The summed E-state index contributed by atoms with van der Waals surface area (Å²) in [6.45, 7) is 0.943. The largest absolute Gasteiger partial charge is 0.363 e. The van der Waals surface area contributed by atoms with Gasteiger partial charge in [0.2, 0.25) is 5.89 Å². The van der Waals surface area contributed by atoms with E-state index in [0.29, 0.717) is 5.89 Å². The molecule has 1 amide bonds. The first kappa shape index (κ1) is 10.1. The third kappa shape index (κ3) is 2.33. The second-order valence-corrected chi connectivity index (χ2v) is 3.68. The van der Waals surface area contributed by atoms with Gasteiger partial charge < -0.3 is 15.6 Å². The van der Waals surface area contributed by atoms with Crippen molar-refractivity contribution in [3.8, 4) is 0 Å². The Labute approximate surface area is 87.2 Å². The van der Waals surface area contributed by atoms with Gasteiger partial charge in [-0.15, -0.1) is 0 Å². The van der Waals surface area contributed by atoms with Gasteiger partial charge in [-0.25, -0.2) is 0 Å². The van der Waals surface area contributed by atoms with Gasteiger partial charge in [-0.05, 0) is 19.4 Å². The molecule has 1 saturated heterocycles. The van der Waals surface area contributed by atoms with Crippen molar-refractivity contribution in [3.05, 3.63) is 11.7 Å². The fraction of sp³-hybridized carbons (Fsp3) is 0.667. The van der Waals surface area contributed by atoms with E-state index in [-0.39, 0.29) is 11.9 Å². The van der Waals surface area contributed by atoms with Gasteiger partial charge in [-0.1, -0.05) is 18.0 Å². The number of nitrogens with two attached hydrogens (primary N) is 1. The maximum atomic E-state index is 10.8. The lowest BCUT2D eigenvalue weighted by atomic mass is 10.1. The van der Waals surface area contributed by atoms with E-state index >= 15 is 0 Å². The number of hydrogen-bond acceptors (Lipinski definition) is 5. The monoisotopic (exact) mass is 210 g/mol. The topological polar surface area (TPSA) is 94.0 Å². The Hall–Kier alpha value is -1.43. The van der Waals surface area contributed by atoms with Crippen LogP contribution >= 0.6 is 0 Å². The van der Waals surface area contributed by atoms with E-state index in [2.05, 4.69) is 15.5 Å². The molecule has 0 aliphatic carbocycles. The summed E-state index contributed by atoms with van der Waals surface area (Å²) in [6.07, 6.45) is 4.46. The quantitative estimate of drug-likeness (QED) is 0.735. The number of aromatic nitrogens is 2. The van der Waals surface area contributed by atoms with E-state index < -0.39 is 5.91 Å². The van der Waals surface area contributed by atoms with Crippen molar-refractivity contribution in [3.63, 3.8) is 0 Å². The van der Waals surface area contributed by atoms with Gasteiger partial charge in [0.25, 0.3) is 11.7 Å². The predicted molar refractivity (Wildman–Crippen MR) is 52.0 cm³/mol. The van der Waals surface area contributed by atoms with Crippen molar-refractivity contribution in [2.75, 3.05) is 6.54 Å². The van der Waals surface area contributed by atoms with E-state index in [1.165, 1.54) is 6.42 Å². The standard InChI is InChI=1S/C9H14N4O2/c10-7(14)8-12-9(15-13-8)6-4-2-1-3-5-11-6/h6,11H,1-5H2,(H2,10,14). The fourth-order valence-corrected chi connectivity index (χ4v) is 1.72. The molecule has 0 spiro atoms. The lowest BCUT2D eigenvalue weighted by Crippen LogP contribution is -2.21. The molecule has 15 heavy (non-hydrogen) atoms.